The molecule has 1 amide bonds. The molecule has 1 aliphatic carbocycles. The van der Waals surface area contributed by atoms with Gasteiger partial charge in [-0.3, -0.25) is 4.79 Å². The highest BCUT2D eigenvalue weighted by Crippen LogP contribution is 2.38. The van der Waals surface area contributed by atoms with Crippen LogP contribution >= 0.6 is 0 Å². The lowest BCUT2D eigenvalue weighted by atomic mass is 10.0. The molecule has 6 heteroatoms. The molecule has 1 aromatic carbocycles. The van der Waals surface area contributed by atoms with Crippen LogP contribution in [-0.2, 0) is 9.59 Å². The summed E-state index contributed by atoms with van der Waals surface area (Å²) in [7, 11) is 2.96. The summed E-state index contributed by atoms with van der Waals surface area (Å²) in [4.78, 5) is 24.2. The summed E-state index contributed by atoms with van der Waals surface area (Å²) < 4.78 is 10.3. The van der Waals surface area contributed by atoms with Crippen LogP contribution in [0, 0.1) is 0 Å². The molecule has 0 aromatic heterocycles. The number of rotatable bonds is 7. The lowest BCUT2D eigenvalue weighted by Gasteiger charge is -2.26. The first-order chi connectivity index (χ1) is 9.62. The van der Waals surface area contributed by atoms with E-state index in [1.165, 1.54) is 19.1 Å². The second kappa shape index (κ2) is 5.81. The Hall–Kier alpha value is -2.24. The molecule has 0 aliphatic heterocycles. The monoisotopic (exact) mass is 279 g/mol. The van der Waals surface area contributed by atoms with Gasteiger partial charge in [-0.1, -0.05) is 0 Å². The highest BCUT2D eigenvalue weighted by molar-refractivity contribution is 5.79. The SMILES string of the molecule is COc1ccc(OC)c(C(C(=O)O)N(C=O)C2CC2)c1. The van der Waals surface area contributed by atoms with Crippen LogP contribution in [0.2, 0.25) is 0 Å². The van der Waals surface area contributed by atoms with Gasteiger partial charge in [-0.05, 0) is 31.0 Å². The summed E-state index contributed by atoms with van der Waals surface area (Å²) in [5, 5.41) is 9.49. The first kappa shape index (κ1) is 14.2. The van der Waals surface area contributed by atoms with E-state index in [1.54, 1.807) is 18.2 Å². The Morgan fingerprint density at radius 2 is 2.10 bits per heavy atom. The molecule has 1 N–H and O–H groups in total. The van der Waals surface area contributed by atoms with E-state index in [-0.39, 0.29) is 6.04 Å². The van der Waals surface area contributed by atoms with Crippen LogP contribution < -0.4 is 9.47 Å². The van der Waals surface area contributed by atoms with Crippen LogP contribution in [-0.4, -0.2) is 42.6 Å². The zero-order valence-electron chi connectivity index (χ0n) is 11.4. The number of amides is 1. The number of hydrogen-bond acceptors (Lipinski definition) is 4. The maximum Gasteiger partial charge on any atom is 0.331 e. The van der Waals surface area contributed by atoms with Crippen molar-refractivity contribution in [1.29, 1.82) is 0 Å². The summed E-state index contributed by atoms with van der Waals surface area (Å²) >= 11 is 0. The fourth-order valence-corrected chi connectivity index (χ4v) is 2.20. The van der Waals surface area contributed by atoms with Crippen molar-refractivity contribution in [3.8, 4) is 11.5 Å². The Balaban J connectivity index is 2.46. The Kier molecular flexibility index (Phi) is 4.12. The van der Waals surface area contributed by atoms with Crippen molar-refractivity contribution < 1.29 is 24.2 Å². The minimum atomic E-state index is -1.09. The summed E-state index contributed by atoms with van der Waals surface area (Å²) in [5.74, 6) is -0.144. The fourth-order valence-electron chi connectivity index (χ4n) is 2.20. The standard InChI is InChI=1S/C14H17NO5/c1-19-10-5-6-12(20-2)11(7-10)13(14(17)18)15(8-16)9-3-4-9/h5-9,13H,3-4H2,1-2H3,(H,17,18). The Morgan fingerprint density at radius 3 is 2.55 bits per heavy atom. The molecule has 1 fully saturated rings. The number of carbonyl (C=O) groups is 2. The number of nitrogens with zero attached hydrogens (tertiary/aromatic N) is 1. The van der Waals surface area contributed by atoms with E-state index in [0.29, 0.717) is 23.5 Å². The van der Waals surface area contributed by atoms with Crippen molar-refractivity contribution in [1.82, 2.24) is 4.90 Å². The lowest BCUT2D eigenvalue weighted by Crippen LogP contribution is -2.35. The van der Waals surface area contributed by atoms with Crippen molar-refractivity contribution in [3.05, 3.63) is 23.8 Å². The molecule has 1 atom stereocenters. The zero-order chi connectivity index (χ0) is 14.7. The summed E-state index contributed by atoms with van der Waals surface area (Å²) in [6, 6.07) is 3.84. The third kappa shape index (κ3) is 2.68. The van der Waals surface area contributed by atoms with Gasteiger partial charge in [-0.2, -0.15) is 0 Å². The molecule has 1 unspecified atom stereocenters. The van der Waals surface area contributed by atoms with Gasteiger partial charge in [0, 0.05) is 11.6 Å². The average Bonchev–Trinajstić information content (AvgIpc) is 3.28. The minimum absolute atomic E-state index is 0.00972. The van der Waals surface area contributed by atoms with Gasteiger partial charge in [0.15, 0.2) is 6.04 Å². The first-order valence-corrected chi connectivity index (χ1v) is 6.29. The third-order valence-corrected chi connectivity index (χ3v) is 3.35. The van der Waals surface area contributed by atoms with Gasteiger partial charge in [0.1, 0.15) is 11.5 Å². The maximum absolute atomic E-state index is 11.6. The highest BCUT2D eigenvalue weighted by atomic mass is 16.5. The Bertz CT molecular complexity index is 512. The number of carboxylic acids is 1. The van der Waals surface area contributed by atoms with Crippen LogP contribution in [0.1, 0.15) is 24.4 Å². The van der Waals surface area contributed by atoms with Gasteiger partial charge in [-0.15, -0.1) is 0 Å². The minimum Gasteiger partial charge on any atom is -0.497 e. The van der Waals surface area contributed by atoms with Crippen molar-refractivity contribution >= 4 is 12.4 Å². The van der Waals surface area contributed by atoms with Gasteiger partial charge >= 0.3 is 5.97 Å². The zero-order valence-corrected chi connectivity index (χ0v) is 11.4. The van der Waals surface area contributed by atoms with E-state index >= 15 is 0 Å². The van der Waals surface area contributed by atoms with Crippen molar-refractivity contribution in [2.75, 3.05) is 14.2 Å². The Labute approximate surface area is 116 Å². The second-order valence-corrected chi connectivity index (χ2v) is 4.63. The number of hydrogen-bond donors (Lipinski definition) is 1. The quantitative estimate of drug-likeness (QED) is 0.764. The lowest BCUT2D eigenvalue weighted by molar-refractivity contribution is -0.147. The van der Waals surface area contributed by atoms with Crippen molar-refractivity contribution in [3.63, 3.8) is 0 Å². The number of benzene rings is 1. The molecule has 108 valence electrons. The molecule has 0 heterocycles. The molecule has 20 heavy (non-hydrogen) atoms. The number of methoxy groups -OCH3 is 2. The van der Waals surface area contributed by atoms with Gasteiger partial charge in [0.05, 0.1) is 14.2 Å². The summed E-state index contributed by atoms with van der Waals surface area (Å²) in [6.45, 7) is 0. The summed E-state index contributed by atoms with van der Waals surface area (Å²) in [6.07, 6.45) is 2.25. The molecule has 6 nitrogen and oxygen atoms in total. The van der Waals surface area contributed by atoms with Crippen LogP contribution in [0.4, 0.5) is 0 Å². The highest BCUT2D eigenvalue weighted by Gasteiger charge is 2.38. The van der Waals surface area contributed by atoms with Crippen LogP contribution in [0.5, 0.6) is 11.5 Å². The van der Waals surface area contributed by atoms with Crippen molar-refractivity contribution in [2.24, 2.45) is 0 Å². The van der Waals surface area contributed by atoms with E-state index in [4.69, 9.17) is 9.47 Å². The van der Waals surface area contributed by atoms with E-state index in [1.807, 2.05) is 0 Å². The third-order valence-electron chi connectivity index (χ3n) is 3.35. The average molecular weight is 279 g/mol. The fraction of sp³-hybridized carbons (Fsp3) is 0.429. The molecule has 1 aromatic rings. The van der Waals surface area contributed by atoms with E-state index < -0.39 is 12.0 Å². The van der Waals surface area contributed by atoms with E-state index in [9.17, 15) is 14.7 Å². The van der Waals surface area contributed by atoms with Gasteiger partial charge < -0.3 is 19.5 Å². The van der Waals surface area contributed by atoms with Crippen molar-refractivity contribution in [2.45, 2.75) is 24.9 Å². The number of aliphatic carboxylic acids is 1. The van der Waals surface area contributed by atoms with E-state index in [0.717, 1.165) is 12.8 Å². The first-order valence-electron chi connectivity index (χ1n) is 6.29. The van der Waals surface area contributed by atoms with Crippen LogP contribution in [0.25, 0.3) is 0 Å². The predicted molar refractivity (Wildman–Crippen MR) is 70.8 cm³/mol. The molecule has 0 bridgehead atoms. The molecule has 0 spiro atoms. The molecule has 0 saturated heterocycles. The van der Waals surface area contributed by atoms with Crippen LogP contribution in [0.15, 0.2) is 18.2 Å². The molecule has 1 saturated carbocycles. The molecule has 0 radical (unpaired) electrons. The molecule has 1 aliphatic rings. The maximum atomic E-state index is 11.6. The Morgan fingerprint density at radius 1 is 1.40 bits per heavy atom. The largest absolute Gasteiger partial charge is 0.497 e. The molecular weight excluding hydrogens is 262 g/mol. The smallest absolute Gasteiger partial charge is 0.331 e. The predicted octanol–water partition coefficient (Wildman–Crippen LogP) is 1.45. The van der Waals surface area contributed by atoms with Crippen LogP contribution in [0.3, 0.4) is 0 Å². The number of carboxylic acid groups (broad SMARTS) is 1. The number of carbonyl (C=O) groups excluding carboxylic acids is 1. The molecule has 2 rings (SSSR count). The second-order valence-electron chi connectivity index (χ2n) is 4.63. The molecular formula is C14H17NO5. The van der Waals surface area contributed by atoms with Gasteiger partial charge in [0.25, 0.3) is 0 Å². The number of ether oxygens (including phenoxy) is 2. The van der Waals surface area contributed by atoms with Gasteiger partial charge in [0.2, 0.25) is 6.41 Å². The van der Waals surface area contributed by atoms with E-state index in [2.05, 4.69) is 0 Å². The topological polar surface area (TPSA) is 76.1 Å². The summed E-state index contributed by atoms with van der Waals surface area (Å²) in [5.41, 5.74) is 0.415. The normalized spacial score (nSPS) is 15.3. The van der Waals surface area contributed by atoms with Gasteiger partial charge in [-0.25, -0.2) is 4.79 Å².